The normalized spacial score (nSPS) is 11.3. The molecule has 2 aromatic carbocycles. The van der Waals surface area contributed by atoms with Crippen molar-refractivity contribution < 1.29 is 12.8 Å². The summed E-state index contributed by atoms with van der Waals surface area (Å²) < 4.78 is 37.9. The zero-order valence-electron chi connectivity index (χ0n) is 10.7. The molecule has 0 aliphatic carbocycles. The van der Waals surface area contributed by atoms with Crippen molar-refractivity contribution in [1.29, 1.82) is 0 Å². The summed E-state index contributed by atoms with van der Waals surface area (Å²) in [5, 5.41) is 0. The predicted molar refractivity (Wildman–Crippen MR) is 72.6 cm³/mol. The average molecular weight is 279 g/mol. The third kappa shape index (κ3) is 2.61. The third-order valence-corrected chi connectivity index (χ3v) is 4.58. The van der Waals surface area contributed by atoms with Gasteiger partial charge in [0.05, 0.1) is 15.5 Å². The Labute approximate surface area is 112 Å². The van der Waals surface area contributed by atoms with Gasteiger partial charge in [-0.1, -0.05) is 12.1 Å². The molecule has 0 aliphatic rings. The Hall–Kier alpha value is -1.88. The van der Waals surface area contributed by atoms with Crippen LogP contribution in [-0.2, 0) is 9.84 Å². The maximum Gasteiger partial charge on any atom is 0.208 e. The van der Waals surface area contributed by atoms with Crippen molar-refractivity contribution in [3.63, 3.8) is 0 Å². The van der Waals surface area contributed by atoms with Crippen molar-refractivity contribution in [3.8, 4) is 0 Å². The molecule has 0 bridgehead atoms. The van der Waals surface area contributed by atoms with Crippen LogP contribution in [0.15, 0.2) is 58.3 Å². The van der Waals surface area contributed by atoms with Gasteiger partial charge in [0.15, 0.2) is 0 Å². The lowest BCUT2D eigenvalue weighted by molar-refractivity contribution is 0.594. The Morgan fingerprint density at radius 3 is 2.11 bits per heavy atom. The fourth-order valence-electron chi connectivity index (χ4n) is 1.79. The average Bonchev–Trinajstić information content (AvgIpc) is 2.39. The summed E-state index contributed by atoms with van der Waals surface area (Å²) in [6.07, 6.45) is 0. The van der Waals surface area contributed by atoms with Crippen LogP contribution in [0.4, 0.5) is 10.1 Å². The number of nitrogens with zero attached hydrogens (tertiary/aromatic N) is 1. The predicted octanol–water partition coefficient (Wildman–Crippen LogP) is 2.72. The largest absolute Gasteiger partial charge is 0.377 e. The van der Waals surface area contributed by atoms with E-state index < -0.39 is 15.7 Å². The van der Waals surface area contributed by atoms with E-state index in [1.54, 1.807) is 43.3 Å². The fraction of sp³-hybridized carbons (Fsp3) is 0.143. The summed E-state index contributed by atoms with van der Waals surface area (Å²) in [4.78, 5) is 2.03. The van der Waals surface area contributed by atoms with E-state index in [0.29, 0.717) is 5.69 Å². The van der Waals surface area contributed by atoms with E-state index in [1.807, 2.05) is 0 Å². The Balaban J connectivity index is 2.60. The molecule has 0 aliphatic heterocycles. The first-order valence-corrected chi connectivity index (χ1v) is 7.18. The molecule has 3 nitrogen and oxygen atoms in total. The lowest BCUT2D eigenvalue weighted by atomic mass is 10.3. The van der Waals surface area contributed by atoms with Crippen LogP contribution in [0.1, 0.15) is 0 Å². The molecular weight excluding hydrogens is 265 g/mol. The zero-order chi connectivity index (χ0) is 14.0. The second-order valence-electron chi connectivity index (χ2n) is 4.32. The van der Waals surface area contributed by atoms with Crippen LogP contribution in [0.2, 0.25) is 0 Å². The molecule has 2 aromatic rings. The highest BCUT2D eigenvalue weighted by molar-refractivity contribution is 7.91. The van der Waals surface area contributed by atoms with E-state index in [0.717, 1.165) is 12.1 Å². The topological polar surface area (TPSA) is 37.4 Å². The van der Waals surface area contributed by atoms with Gasteiger partial charge in [-0.25, -0.2) is 12.8 Å². The van der Waals surface area contributed by atoms with Gasteiger partial charge in [-0.3, -0.25) is 0 Å². The molecule has 5 heteroatoms. The highest BCUT2D eigenvalue weighted by Crippen LogP contribution is 2.28. The summed E-state index contributed by atoms with van der Waals surface area (Å²) in [7, 11) is -0.0861. The number of anilines is 1. The van der Waals surface area contributed by atoms with Crippen LogP contribution in [0, 0.1) is 5.82 Å². The molecule has 0 N–H and O–H groups in total. The summed E-state index contributed by atoms with van der Waals surface area (Å²) in [6.45, 7) is 0. The van der Waals surface area contributed by atoms with Crippen LogP contribution < -0.4 is 4.90 Å². The van der Waals surface area contributed by atoms with Crippen LogP contribution in [0.3, 0.4) is 0 Å². The second-order valence-corrected chi connectivity index (χ2v) is 6.24. The second kappa shape index (κ2) is 5.01. The van der Waals surface area contributed by atoms with E-state index in [4.69, 9.17) is 0 Å². The van der Waals surface area contributed by atoms with Crippen LogP contribution >= 0.6 is 0 Å². The van der Waals surface area contributed by atoms with Crippen molar-refractivity contribution in [2.24, 2.45) is 0 Å². The molecule has 0 fully saturated rings. The van der Waals surface area contributed by atoms with Crippen molar-refractivity contribution in [2.75, 3.05) is 19.0 Å². The van der Waals surface area contributed by atoms with Crippen molar-refractivity contribution >= 4 is 15.5 Å². The SMILES string of the molecule is CN(C)c1ccccc1S(=O)(=O)c1ccc(F)cc1. The van der Waals surface area contributed by atoms with E-state index in [-0.39, 0.29) is 9.79 Å². The molecule has 0 aromatic heterocycles. The van der Waals surface area contributed by atoms with Crippen LogP contribution in [-0.4, -0.2) is 22.5 Å². The lowest BCUT2D eigenvalue weighted by Crippen LogP contribution is -2.14. The highest BCUT2D eigenvalue weighted by atomic mass is 32.2. The number of hydrogen-bond acceptors (Lipinski definition) is 3. The molecule has 2 rings (SSSR count). The lowest BCUT2D eigenvalue weighted by Gasteiger charge is -2.17. The number of rotatable bonds is 3. The van der Waals surface area contributed by atoms with Crippen LogP contribution in [0.25, 0.3) is 0 Å². The van der Waals surface area contributed by atoms with Crippen molar-refractivity contribution in [3.05, 3.63) is 54.3 Å². The molecule has 0 atom stereocenters. The molecule has 0 amide bonds. The smallest absolute Gasteiger partial charge is 0.208 e. The third-order valence-electron chi connectivity index (χ3n) is 2.76. The number of benzene rings is 2. The summed E-state index contributed by atoms with van der Waals surface area (Å²) in [5.41, 5.74) is 0.604. The van der Waals surface area contributed by atoms with Gasteiger partial charge in [-0.2, -0.15) is 0 Å². The number of sulfone groups is 1. The first kappa shape index (κ1) is 13.5. The molecule has 100 valence electrons. The Morgan fingerprint density at radius 2 is 1.53 bits per heavy atom. The van der Waals surface area contributed by atoms with Gasteiger partial charge in [0, 0.05) is 14.1 Å². The standard InChI is InChI=1S/C14H14FNO2S/c1-16(2)13-5-3-4-6-14(13)19(17,18)12-9-7-11(15)8-10-12/h3-10H,1-2H3. The summed E-state index contributed by atoms with van der Waals surface area (Å²) in [5.74, 6) is -0.458. The first-order valence-electron chi connectivity index (χ1n) is 5.70. The summed E-state index contributed by atoms with van der Waals surface area (Å²) in [6, 6.07) is 11.6. The fourth-order valence-corrected chi connectivity index (χ4v) is 3.33. The molecular formula is C14H14FNO2S. The number of para-hydroxylation sites is 1. The van der Waals surface area contributed by atoms with E-state index in [9.17, 15) is 12.8 Å². The maximum absolute atomic E-state index is 12.9. The quantitative estimate of drug-likeness (QED) is 0.811. The Morgan fingerprint density at radius 1 is 0.947 bits per heavy atom. The van der Waals surface area contributed by atoms with Gasteiger partial charge in [-0.15, -0.1) is 0 Å². The molecule has 0 unspecified atom stereocenters. The molecule has 0 heterocycles. The van der Waals surface area contributed by atoms with Gasteiger partial charge in [0.2, 0.25) is 9.84 Å². The highest BCUT2D eigenvalue weighted by Gasteiger charge is 2.21. The van der Waals surface area contributed by atoms with Gasteiger partial charge >= 0.3 is 0 Å². The molecule has 0 saturated carbocycles. The van der Waals surface area contributed by atoms with Gasteiger partial charge in [0.1, 0.15) is 5.82 Å². The Kier molecular flexibility index (Phi) is 3.57. The van der Waals surface area contributed by atoms with Gasteiger partial charge in [0.25, 0.3) is 0 Å². The number of halogens is 1. The molecule has 0 radical (unpaired) electrons. The van der Waals surface area contributed by atoms with Crippen molar-refractivity contribution in [1.82, 2.24) is 0 Å². The maximum atomic E-state index is 12.9. The van der Waals surface area contributed by atoms with E-state index in [2.05, 4.69) is 0 Å². The summed E-state index contributed by atoms with van der Waals surface area (Å²) >= 11 is 0. The zero-order valence-corrected chi connectivity index (χ0v) is 11.5. The molecule has 19 heavy (non-hydrogen) atoms. The minimum atomic E-state index is -3.64. The minimum absolute atomic E-state index is 0.0863. The minimum Gasteiger partial charge on any atom is -0.377 e. The molecule has 0 spiro atoms. The van der Waals surface area contributed by atoms with E-state index >= 15 is 0 Å². The molecule has 0 saturated heterocycles. The number of hydrogen-bond donors (Lipinski definition) is 0. The van der Waals surface area contributed by atoms with Crippen LogP contribution in [0.5, 0.6) is 0 Å². The van der Waals surface area contributed by atoms with E-state index in [1.165, 1.54) is 12.1 Å². The Bertz CT molecular complexity index is 679. The monoisotopic (exact) mass is 279 g/mol. The van der Waals surface area contributed by atoms with Gasteiger partial charge < -0.3 is 4.90 Å². The van der Waals surface area contributed by atoms with Gasteiger partial charge in [-0.05, 0) is 36.4 Å². The van der Waals surface area contributed by atoms with Crippen molar-refractivity contribution in [2.45, 2.75) is 9.79 Å². The first-order chi connectivity index (χ1) is 8.93.